The van der Waals surface area contributed by atoms with E-state index in [-0.39, 0.29) is 60.5 Å². The van der Waals surface area contributed by atoms with Gasteiger partial charge >= 0.3 is 6.18 Å². The molecule has 1 unspecified atom stereocenters. The third kappa shape index (κ3) is 9.33. The molecule has 0 radical (unpaired) electrons. The third-order valence-electron chi connectivity index (χ3n) is 12.9. The maximum absolute atomic E-state index is 15.5. The molecule has 61 heavy (non-hydrogen) atoms. The van der Waals surface area contributed by atoms with Crippen LogP contribution in [0, 0.1) is 11.6 Å². The number of nitrogens with zero attached hydrogens (tertiary/aromatic N) is 5. The van der Waals surface area contributed by atoms with Gasteiger partial charge in [-0.25, -0.2) is 26.9 Å². The van der Waals surface area contributed by atoms with Crippen molar-refractivity contribution in [3.05, 3.63) is 65.4 Å². The van der Waals surface area contributed by atoms with Crippen LogP contribution in [0.15, 0.2) is 47.5 Å². The molecule has 3 aromatic rings. The molecule has 9 rings (SSSR count). The van der Waals surface area contributed by atoms with E-state index in [0.717, 1.165) is 43.9 Å². The molecule has 1 aliphatic carbocycles. The molecule has 5 saturated heterocycles. The highest BCUT2D eigenvalue weighted by atomic mass is 32.2. The van der Waals surface area contributed by atoms with Gasteiger partial charge < -0.3 is 25.0 Å². The molecular formula is C41H49F5N8O6S. The van der Waals surface area contributed by atoms with E-state index in [4.69, 9.17) is 4.74 Å². The Morgan fingerprint density at radius 2 is 1.72 bits per heavy atom. The smallest absolute Gasteiger partial charge is 0.388 e. The van der Waals surface area contributed by atoms with Gasteiger partial charge in [-0.15, -0.1) is 0 Å². The molecule has 2 bridgehead atoms. The standard InChI is InChI=1S/C41H49F5N8O6S/c1-38(57)9-2-15-54(24-38)35-30(41(44,45)46)23-47-37(50-35)48-33-7-4-27(22-32(33)43)61(58,59)51-39-10-12-40(13-11-39,60-25-39)14-16-52-17-19-53(20-18-52)26-3-5-28(31(42)21-26)29-6-8-34(55)49-36(29)56/h3-5,7,21-23,29,51,57H,2,6,8-20,24-25H2,1H3,(H,47,48,50)(H,49,55,56)/t29?,38-,39?,40?/m0/s1. The lowest BCUT2D eigenvalue weighted by Crippen LogP contribution is -2.63. The van der Waals surface area contributed by atoms with Crippen molar-refractivity contribution in [3.8, 4) is 0 Å². The van der Waals surface area contributed by atoms with Crippen LogP contribution in [0.3, 0.4) is 0 Å². The number of hydrogen-bond acceptors (Lipinski definition) is 12. The van der Waals surface area contributed by atoms with E-state index >= 15 is 8.78 Å². The number of nitrogens with one attached hydrogen (secondary N) is 3. The number of halogens is 5. The van der Waals surface area contributed by atoms with Crippen molar-refractivity contribution in [3.63, 3.8) is 0 Å². The van der Waals surface area contributed by atoms with Crippen LogP contribution >= 0.6 is 0 Å². The third-order valence-corrected chi connectivity index (χ3v) is 14.5. The summed E-state index contributed by atoms with van der Waals surface area (Å²) in [5, 5.41) is 15.4. The van der Waals surface area contributed by atoms with Crippen LogP contribution < -0.4 is 25.2 Å². The Bertz CT molecular complexity index is 2270. The fraction of sp³-hybridized carbons (Fsp3) is 0.561. The number of rotatable bonds is 11. The van der Waals surface area contributed by atoms with E-state index in [1.165, 1.54) is 24.0 Å². The maximum atomic E-state index is 15.5. The summed E-state index contributed by atoms with van der Waals surface area (Å²) in [6.07, 6.45) is 0.206. The largest absolute Gasteiger partial charge is 0.421 e. The molecule has 2 amide bonds. The molecule has 6 fully saturated rings. The van der Waals surface area contributed by atoms with Crippen LogP contribution in [-0.4, -0.2) is 109 Å². The molecule has 0 spiro atoms. The number of β-amino-alcohol motifs (C(OH)–C–C–N with tert-alkyl or cyclic N) is 1. The number of fused-ring (bicyclic) bond motifs is 3. The quantitative estimate of drug-likeness (QED) is 0.151. The zero-order chi connectivity index (χ0) is 43.4. The van der Waals surface area contributed by atoms with Crippen LogP contribution in [0.5, 0.6) is 0 Å². The van der Waals surface area contributed by atoms with E-state index in [0.29, 0.717) is 57.8 Å². The second-order valence-corrected chi connectivity index (χ2v) is 19.0. The lowest BCUT2D eigenvalue weighted by Gasteiger charge is -2.53. The van der Waals surface area contributed by atoms with Crippen molar-refractivity contribution in [2.24, 2.45) is 0 Å². The van der Waals surface area contributed by atoms with Gasteiger partial charge in [0, 0.05) is 69.7 Å². The average Bonchev–Trinajstić information content (AvgIpc) is 3.21. The number of benzene rings is 2. The molecule has 2 aromatic carbocycles. The van der Waals surface area contributed by atoms with Crippen LogP contribution in [0.25, 0.3) is 0 Å². The number of carbonyl (C=O) groups excluding carboxylic acids is 2. The summed E-state index contributed by atoms with van der Waals surface area (Å²) in [7, 11) is -4.22. The van der Waals surface area contributed by atoms with Gasteiger partial charge in [0.05, 0.1) is 39.8 Å². The molecule has 6 heterocycles. The number of aromatic nitrogens is 2. The Balaban J connectivity index is 0.834. The number of imide groups is 1. The molecule has 1 saturated carbocycles. The monoisotopic (exact) mass is 876 g/mol. The first-order valence-electron chi connectivity index (χ1n) is 20.6. The number of anilines is 4. The number of hydrogen-bond donors (Lipinski definition) is 4. The average molecular weight is 877 g/mol. The highest BCUT2D eigenvalue weighted by Crippen LogP contribution is 2.46. The molecule has 20 heteroatoms. The van der Waals surface area contributed by atoms with Crippen molar-refractivity contribution in [2.75, 3.05) is 67.5 Å². The van der Waals surface area contributed by atoms with E-state index < -0.39 is 67.8 Å². The fourth-order valence-electron chi connectivity index (χ4n) is 9.30. The van der Waals surface area contributed by atoms with Crippen LogP contribution in [0.1, 0.15) is 81.8 Å². The van der Waals surface area contributed by atoms with Gasteiger partial charge in [-0.1, -0.05) is 6.07 Å². The molecule has 6 aliphatic rings. The molecule has 14 nitrogen and oxygen atoms in total. The summed E-state index contributed by atoms with van der Waals surface area (Å²) in [6.45, 7) is 5.46. The Hall–Kier alpha value is -4.50. The summed E-state index contributed by atoms with van der Waals surface area (Å²) in [4.78, 5) is 37.0. The maximum Gasteiger partial charge on any atom is 0.421 e. The Kier molecular flexibility index (Phi) is 11.5. The number of aliphatic hydroxyl groups is 1. The summed E-state index contributed by atoms with van der Waals surface area (Å²) < 4.78 is 109. The number of ether oxygens (including phenoxy) is 1. The Morgan fingerprint density at radius 1 is 0.967 bits per heavy atom. The first-order valence-corrected chi connectivity index (χ1v) is 22.1. The minimum Gasteiger partial charge on any atom is -0.388 e. The van der Waals surface area contributed by atoms with Gasteiger partial charge in [0.25, 0.3) is 0 Å². The van der Waals surface area contributed by atoms with Gasteiger partial charge in [-0.05, 0) is 88.6 Å². The Labute approximate surface area is 350 Å². The molecule has 330 valence electrons. The second kappa shape index (κ2) is 16.3. The van der Waals surface area contributed by atoms with Crippen molar-refractivity contribution in [2.45, 2.75) is 98.4 Å². The van der Waals surface area contributed by atoms with E-state index in [1.807, 2.05) is 6.07 Å². The van der Waals surface area contributed by atoms with E-state index in [1.54, 1.807) is 6.07 Å². The summed E-state index contributed by atoms with van der Waals surface area (Å²) in [5.41, 5.74) is -2.81. The molecule has 5 aliphatic heterocycles. The van der Waals surface area contributed by atoms with Crippen LogP contribution in [0.2, 0.25) is 0 Å². The number of piperidine rings is 2. The predicted molar refractivity (Wildman–Crippen MR) is 214 cm³/mol. The molecular weight excluding hydrogens is 828 g/mol. The molecule has 4 N–H and O–H groups in total. The minimum atomic E-state index is -4.78. The topological polar surface area (TPSA) is 169 Å². The van der Waals surface area contributed by atoms with Gasteiger partial charge in [0.1, 0.15) is 23.0 Å². The van der Waals surface area contributed by atoms with Crippen LogP contribution in [0.4, 0.5) is 45.1 Å². The lowest BCUT2D eigenvalue weighted by atomic mass is 9.70. The van der Waals surface area contributed by atoms with Crippen molar-refractivity contribution >= 4 is 45.0 Å². The predicted octanol–water partition coefficient (Wildman–Crippen LogP) is 4.96. The van der Waals surface area contributed by atoms with Gasteiger partial charge in [-0.3, -0.25) is 19.8 Å². The van der Waals surface area contributed by atoms with Crippen molar-refractivity contribution in [1.29, 1.82) is 0 Å². The fourth-order valence-corrected chi connectivity index (χ4v) is 10.8. The molecule has 1 aromatic heterocycles. The van der Waals surface area contributed by atoms with E-state index in [9.17, 15) is 36.3 Å². The zero-order valence-electron chi connectivity index (χ0n) is 33.7. The number of piperazine rings is 1. The normalized spacial score (nSPS) is 27.6. The number of alkyl halides is 3. The highest BCUT2D eigenvalue weighted by molar-refractivity contribution is 7.89. The lowest BCUT2D eigenvalue weighted by molar-refractivity contribution is -0.162. The minimum absolute atomic E-state index is 0.0906. The summed E-state index contributed by atoms with van der Waals surface area (Å²) >= 11 is 0. The summed E-state index contributed by atoms with van der Waals surface area (Å²) in [6, 6.07) is 8.10. The van der Waals surface area contributed by atoms with Gasteiger partial charge in [0.2, 0.25) is 27.8 Å². The van der Waals surface area contributed by atoms with Crippen LogP contribution in [-0.2, 0) is 30.5 Å². The van der Waals surface area contributed by atoms with Gasteiger partial charge in [0.15, 0.2) is 0 Å². The number of carbonyl (C=O) groups is 2. The van der Waals surface area contributed by atoms with Crippen molar-refractivity contribution in [1.82, 2.24) is 24.9 Å². The highest BCUT2D eigenvalue weighted by Gasteiger charge is 2.51. The zero-order valence-corrected chi connectivity index (χ0v) is 34.5. The van der Waals surface area contributed by atoms with E-state index in [2.05, 4.69) is 35.1 Å². The number of sulfonamides is 1. The van der Waals surface area contributed by atoms with Gasteiger partial charge in [-0.2, -0.15) is 18.2 Å². The first-order chi connectivity index (χ1) is 28.8. The molecule has 2 atom stereocenters. The first kappa shape index (κ1) is 43.2. The second-order valence-electron chi connectivity index (χ2n) is 17.4. The Morgan fingerprint density at radius 3 is 2.36 bits per heavy atom. The number of amides is 2. The summed E-state index contributed by atoms with van der Waals surface area (Å²) in [5.74, 6) is -3.74. The van der Waals surface area contributed by atoms with Crippen molar-refractivity contribution < 1.29 is 49.8 Å². The SMILES string of the molecule is C[C@]1(O)CCCN(c2nc(Nc3ccc(S(=O)(=O)NC45CCC(CCN6CCN(c7ccc(C8CCC(=O)NC8=O)c(F)c7)CC6)(CC4)OC5)cc3F)ncc2C(F)(F)F)C1.